The second-order valence-electron chi connectivity index (χ2n) is 5.71. The average molecular weight is 296 g/mol. The van der Waals surface area contributed by atoms with E-state index in [1.165, 1.54) is 12.8 Å². The maximum Gasteiger partial charge on any atom is 0.419 e. The lowest BCUT2D eigenvalue weighted by Gasteiger charge is -2.35. The van der Waals surface area contributed by atoms with Crippen LogP contribution >= 0.6 is 12.4 Å². The second-order valence-corrected chi connectivity index (χ2v) is 5.71. The molecular weight excluding hydrogens is 278 g/mol. The van der Waals surface area contributed by atoms with Gasteiger partial charge in [-0.3, -0.25) is 4.57 Å². The van der Waals surface area contributed by atoms with Gasteiger partial charge in [0.15, 0.2) is 5.58 Å². The molecule has 1 saturated heterocycles. The molecule has 0 radical (unpaired) electrons. The Hall–Kier alpha value is -1.46. The summed E-state index contributed by atoms with van der Waals surface area (Å²) in [6.45, 7) is 3.08. The van der Waals surface area contributed by atoms with Gasteiger partial charge < -0.3 is 14.6 Å². The molecule has 1 saturated carbocycles. The van der Waals surface area contributed by atoms with E-state index in [9.17, 15) is 4.79 Å². The van der Waals surface area contributed by atoms with Crippen molar-refractivity contribution in [1.82, 2.24) is 9.88 Å². The lowest BCUT2D eigenvalue weighted by atomic mass is 10.1. The first-order chi connectivity index (χ1) is 9.17. The lowest BCUT2D eigenvalue weighted by Crippen LogP contribution is -2.52. The number of nitrogens with zero attached hydrogens (tertiary/aromatic N) is 2. The van der Waals surface area contributed by atoms with Crippen LogP contribution in [0.1, 0.15) is 12.8 Å². The third kappa shape index (κ3) is 2.01. The summed E-state index contributed by atoms with van der Waals surface area (Å²) in [5.74, 6) is -0.300. The van der Waals surface area contributed by atoms with Gasteiger partial charge in [-0.15, -0.1) is 12.4 Å². The first-order valence-corrected chi connectivity index (χ1v) is 6.77. The molecule has 1 aliphatic carbocycles. The zero-order valence-corrected chi connectivity index (χ0v) is 12.2. The van der Waals surface area contributed by atoms with Gasteiger partial charge in [-0.25, -0.2) is 4.79 Å². The Bertz CT molecular complexity index is 702. The van der Waals surface area contributed by atoms with Crippen molar-refractivity contribution in [1.29, 1.82) is 0 Å². The number of rotatable bonds is 1. The van der Waals surface area contributed by atoms with Gasteiger partial charge in [0, 0.05) is 44.0 Å². The molecule has 5 nitrogen and oxygen atoms in total. The van der Waals surface area contributed by atoms with Crippen LogP contribution in [0.3, 0.4) is 0 Å². The number of aryl methyl sites for hydroxylation is 1. The fourth-order valence-electron chi connectivity index (χ4n) is 2.98. The number of oxazole rings is 1. The van der Waals surface area contributed by atoms with Crippen LogP contribution in [-0.4, -0.2) is 29.7 Å². The summed E-state index contributed by atoms with van der Waals surface area (Å²) in [5, 5.41) is 3.60. The summed E-state index contributed by atoms with van der Waals surface area (Å²) >= 11 is 0. The topological polar surface area (TPSA) is 50.4 Å². The molecule has 0 unspecified atom stereocenters. The van der Waals surface area contributed by atoms with Crippen molar-refractivity contribution in [2.45, 2.75) is 18.4 Å². The Balaban J connectivity index is 0.00000121. The summed E-state index contributed by atoms with van der Waals surface area (Å²) in [7, 11) is 1.73. The standard InChI is InChI=1S/C14H17N3O2.ClH/c1-16-11-3-2-10(8-12(11)19-13(16)18)17-7-6-15-14(9-17)4-5-14;/h2-3,8,15H,4-7,9H2,1H3;1H. The molecule has 1 aromatic carbocycles. The number of hydrogen-bond donors (Lipinski definition) is 1. The minimum absolute atomic E-state index is 0. The molecular formula is C14H18ClN3O2. The molecule has 2 aliphatic rings. The fraction of sp³-hybridized carbons (Fsp3) is 0.500. The van der Waals surface area contributed by atoms with Crippen molar-refractivity contribution >= 4 is 29.2 Å². The largest absolute Gasteiger partial charge is 0.419 e. The minimum atomic E-state index is -0.300. The van der Waals surface area contributed by atoms with Crippen LogP contribution in [0.15, 0.2) is 27.4 Å². The molecule has 1 spiro atoms. The highest BCUT2D eigenvalue weighted by molar-refractivity contribution is 5.85. The van der Waals surface area contributed by atoms with E-state index in [-0.39, 0.29) is 18.2 Å². The highest BCUT2D eigenvalue weighted by atomic mass is 35.5. The molecule has 6 heteroatoms. The number of hydrogen-bond acceptors (Lipinski definition) is 4. The molecule has 108 valence electrons. The first-order valence-electron chi connectivity index (χ1n) is 6.77. The molecule has 1 aliphatic heterocycles. The summed E-state index contributed by atoms with van der Waals surface area (Å²) in [5.41, 5.74) is 3.03. The third-order valence-electron chi connectivity index (χ3n) is 4.37. The summed E-state index contributed by atoms with van der Waals surface area (Å²) in [4.78, 5) is 13.9. The number of anilines is 1. The van der Waals surface area contributed by atoms with Gasteiger partial charge in [-0.2, -0.15) is 0 Å². The van der Waals surface area contributed by atoms with E-state index in [4.69, 9.17) is 4.42 Å². The SMILES string of the molecule is Cl.Cn1c(=O)oc2cc(N3CCNC4(CC4)C3)ccc21. The normalized spacial score (nSPS) is 20.1. The number of nitrogens with one attached hydrogen (secondary N) is 1. The molecule has 20 heavy (non-hydrogen) atoms. The van der Waals surface area contributed by atoms with E-state index in [1.807, 2.05) is 12.1 Å². The van der Waals surface area contributed by atoms with Crippen molar-refractivity contribution in [2.75, 3.05) is 24.5 Å². The van der Waals surface area contributed by atoms with Crippen molar-refractivity contribution < 1.29 is 4.42 Å². The zero-order valence-electron chi connectivity index (χ0n) is 11.4. The van der Waals surface area contributed by atoms with Crippen LogP contribution in [0.2, 0.25) is 0 Å². The Kier molecular flexibility index (Phi) is 3.06. The Morgan fingerprint density at radius 2 is 2.15 bits per heavy atom. The molecule has 0 amide bonds. The van der Waals surface area contributed by atoms with Gasteiger partial charge in [0.05, 0.1) is 5.52 Å². The summed E-state index contributed by atoms with van der Waals surface area (Å²) < 4.78 is 6.80. The van der Waals surface area contributed by atoms with E-state index in [2.05, 4.69) is 16.3 Å². The van der Waals surface area contributed by atoms with E-state index < -0.39 is 0 Å². The quantitative estimate of drug-likeness (QED) is 0.866. The molecule has 2 fully saturated rings. The number of fused-ring (bicyclic) bond motifs is 1. The van der Waals surface area contributed by atoms with Crippen LogP contribution in [0.4, 0.5) is 5.69 Å². The third-order valence-corrected chi connectivity index (χ3v) is 4.37. The Morgan fingerprint density at radius 3 is 2.90 bits per heavy atom. The van der Waals surface area contributed by atoms with Gasteiger partial charge >= 0.3 is 5.76 Å². The first kappa shape index (κ1) is 13.5. The monoisotopic (exact) mass is 295 g/mol. The second kappa shape index (κ2) is 4.53. The van der Waals surface area contributed by atoms with E-state index in [0.717, 1.165) is 30.8 Å². The number of aromatic nitrogens is 1. The predicted octanol–water partition coefficient (Wildman–Crippen LogP) is 1.50. The lowest BCUT2D eigenvalue weighted by molar-refractivity contribution is 0.442. The average Bonchev–Trinajstić information content (AvgIpc) is 3.09. The van der Waals surface area contributed by atoms with Crippen molar-refractivity contribution in [3.05, 3.63) is 28.7 Å². The van der Waals surface area contributed by atoms with Crippen molar-refractivity contribution in [3.63, 3.8) is 0 Å². The van der Waals surface area contributed by atoms with Gasteiger partial charge in [-0.05, 0) is 25.0 Å². The highest BCUT2D eigenvalue weighted by Gasteiger charge is 2.45. The van der Waals surface area contributed by atoms with E-state index in [0.29, 0.717) is 11.1 Å². The minimum Gasteiger partial charge on any atom is -0.408 e. The molecule has 1 aromatic heterocycles. The Labute approximate surface area is 123 Å². The van der Waals surface area contributed by atoms with Gasteiger partial charge in [0.2, 0.25) is 0 Å². The van der Waals surface area contributed by atoms with Crippen LogP contribution in [0, 0.1) is 0 Å². The number of halogens is 1. The van der Waals surface area contributed by atoms with Gasteiger partial charge in [0.1, 0.15) is 0 Å². The van der Waals surface area contributed by atoms with Crippen LogP contribution in [0.25, 0.3) is 11.1 Å². The van der Waals surface area contributed by atoms with Gasteiger partial charge in [0.25, 0.3) is 0 Å². The highest BCUT2D eigenvalue weighted by Crippen LogP contribution is 2.38. The van der Waals surface area contributed by atoms with Crippen LogP contribution in [-0.2, 0) is 7.05 Å². The van der Waals surface area contributed by atoms with Gasteiger partial charge in [-0.1, -0.05) is 0 Å². The van der Waals surface area contributed by atoms with Crippen molar-refractivity contribution in [2.24, 2.45) is 7.05 Å². The van der Waals surface area contributed by atoms with Crippen molar-refractivity contribution in [3.8, 4) is 0 Å². The molecule has 2 heterocycles. The van der Waals surface area contributed by atoms with E-state index >= 15 is 0 Å². The van der Waals surface area contributed by atoms with Crippen LogP contribution in [0.5, 0.6) is 0 Å². The number of piperazine rings is 1. The van der Waals surface area contributed by atoms with E-state index in [1.54, 1.807) is 11.6 Å². The zero-order chi connectivity index (χ0) is 13.0. The summed E-state index contributed by atoms with van der Waals surface area (Å²) in [6, 6.07) is 6.04. The molecule has 2 aromatic rings. The maximum absolute atomic E-state index is 11.5. The smallest absolute Gasteiger partial charge is 0.408 e. The molecule has 4 rings (SSSR count). The maximum atomic E-state index is 11.5. The molecule has 1 N–H and O–H groups in total. The van der Waals surface area contributed by atoms with Crippen LogP contribution < -0.4 is 16.0 Å². The predicted molar refractivity (Wildman–Crippen MR) is 80.9 cm³/mol. The Morgan fingerprint density at radius 1 is 1.35 bits per heavy atom. The molecule has 0 bridgehead atoms. The number of benzene rings is 1. The summed E-state index contributed by atoms with van der Waals surface area (Å²) in [6.07, 6.45) is 2.54. The molecule has 0 atom stereocenters. The fourth-order valence-corrected chi connectivity index (χ4v) is 2.98.